The molecule has 1 N–H and O–H groups in total. The van der Waals surface area contributed by atoms with Crippen LogP contribution in [0, 0.1) is 5.82 Å². The fourth-order valence-corrected chi connectivity index (χ4v) is 2.09. The maximum Gasteiger partial charge on any atom is 0.123 e. The lowest BCUT2D eigenvalue weighted by Gasteiger charge is -2.25. The molecule has 96 valence electrons. The summed E-state index contributed by atoms with van der Waals surface area (Å²) in [5.74, 6) is -0.168. The van der Waals surface area contributed by atoms with Gasteiger partial charge in [-0.3, -0.25) is 0 Å². The number of halogens is 1. The highest BCUT2D eigenvalue weighted by Crippen LogP contribution is 2.26. The Kier molecular flexibility index (Phi) is 5.42. The molecule has 0 aliphatic rings. The van der Waals surface area contributed by atoms with Crippen LogP contribution in [-0.2, 0) is 0 Å². The minimum atomic E-state index is -0.168. The van der Waals surface area contributed by atoms with Gasteiger partial charge in [0, 0.05) is 25.3 Å². The number of hydrogen-bond acceptors (Lipinski definition) is 2. The van der Waals surface area contributed by atoms with Crippen LogP contribution in [-0.4, -0.2) is 20.1 Å². The normalized spacial score (nSPS) is 12.5. The lowest BCUT2D eigenvalue weighted by molar-refractivity contribution is 0.581. The van der Waals surface area contributed by atoms with Crippen molar-refractivity contribution in [3.8, 4) is 0 Å². The summed E-state index contributed by atoms with van der Waals surface area (Å²) in [5, 5.41) is 3.33. The molecule has 0 spiro atoms. The first kappa shape index (κ1) is 14.0. The van der Waals surface area contributed by atoms with Crippen molar-refractivity contribution in [3.63, 3.8) is 0 Å². The Balaban J connectivity index is 3.02. The maximum absolute atomic E-state index is 13.4. The third-order valence-electron chi connectivity index (χ3n) is 2.94. The van der Waals surface area contributed by atoms with Crippen LogP contribution in [0.25, 0.3) is 0 Å². The molecule has 0 aromatic heterocycles. The molecule has 0 radical (unpaired) electrons. The van der Waals surface area contributed by atoms with Crippen molar-refractivity contribution >= 4 is 5.69 Å². The van der Waals surface area contributed by atoms with E-state index in [1.54, 1.807) is 6.07 Å². The number of benzene rings is 1. The molecular weight excluding hydrogens is 215 g/mol. The Bertz CT molecular complexity index is 352. The van der Waals surface area contributed by atoms with Gasteiger partial charge in [-0.15, -0.1) is 0 Å². The standard InChI is InChI=1S/C14H23FN2/c1-5-9-17(4)14-8-7-12(15)10-13(14)11(3)16-6-2/h7-8,10-11,16H,5-6,9H2,1-4H3. The van der Waals surface area contributed by atoms with Crippen LogP contribution >= 0.6 is 0 Å². The molecule has 1 rings (SSSR count). The summed E-state index contributed by atoms with van der Waals surface area (Å²) in [6.45, 7) is 8.15. The number of rotatable bonds is 6. The highest BCUT2D eigenvalue weighted by Gasteiger charge is 2.13. The van der Waals surface area contributed by atoms with E-state index in [2.05, 4.69) is 38.0 Å². The van der Waals surface area contributed by atoms with E-state index in [0.29, 0.717) is 0 Å². The molecule has 1 unspecified atom stereocenters. The van der Waals surface area contributed by atoms with E-state index in [-0.39, 0.29) is 11.9 Å². The average molecular weight is 238 g/mol. The molecule has 1 aromatic carbocycles. The van der Waals surface area contributed by atoms with Crippen molar-refractivity contribution in [3.05, 3.63) is 29.6 Å². The lowest BCUT2D eigenvalue weighted by Crippen LogP contribution is -2.24. The summed E-state index contributed by atoms with van der Waals surface area (Å²) in [6, 6.07) is 5.21. The van der Waals surface area contributed by atoms with Crippen molar-refractivity contribution in [1.82, 2.24) is 5.32 Å². The molecule has 0 fully saturated rings. The predicted molar refractivity (Wildman–Crippen MR) is 72.1 cm³/mol. The second kappa shape index (κ2) is 6.60. The SMILES string of the molecule is CCCN(C)c1ccc(F)cc1C(C)NCC. The van der Waals surface area contributed by atoms with E-state index in [9.17, 15) is 4.39 Å². The summed E-state index contributed by atoms with van der Waals surface area (Å²) in [7, 11) is 2.05. The van der Waals surface area contributed by atoms with Crippen molar-refractivity contribution in [1.29, 1.82) is 0 Å². The van der Waals surface area contributed by atoms with Gasteiger partial charge in [-0.1, -0.05) is 13.8 Å². The summed E-state index contributed by atoms with van der Waals surface area (Å²) in [6.07, 6.45) is 1.09. The van der Waals surface area contributed by atoms with E-state index in [1.807, 2.05) is 6.07 Å². The van der Waals surface area contributed by atoms with Gasteiger partial charge in [0.05, 0.1) is 0 Å². The van der Waals surface area contributed by atoms with Crippen molar-refractivity contribution in [2.75, 3.05) is 25.0 Å². The smallest absolute Gasteiger partial charge is 0.123 e. The Morgan fingerprint density at radius 1 is 1.35 bits per heavy atom. The first-order valence-corrected chi connectivity index (χ1v) is 6.34. The molecule has 1 atom stereocenters. The molecule has 0 saturated heterocycles. The number of hydrogen-bond donors (Lipinski definition) is 1. The average Bonchev–Trinajstić information content (AvgIpc) is 2.29. The molecule has 17 heavy (non-hydrogen) atoms. The maximum atomic E-state index is 13.4. The van der Waals surface area contributed by atoms with Crippen molar-refractivity contribution in [2.45, 2.75) is 33.2 Å². The van der Waals surface area contributed by atoms with Gasteiger partial charge in [-0.2, -0.15) is 0 Å². The fraction of sp³-hybridized carbons (Fsp3) is 0.571. The predicted octanol–water partition coefficient (Wildman–Crippen LogP) is 3.34. The van der Waals surface area contributed by atoms with E-state index in [4.69, 9.17) is 0 Å². The molecule has 1 aromatic rings. The molecule has 0 heterocycles. The first-order chi connectivity index (χ1) is 8.10. The first-order valence-electron chi connectivity index (χ1n) is 6.34. The Morgan fingerprint density at radius 3 is 2.65 bits per heavy atom. The van der Waals surface area contributed by atoms with Gasteiger partial charge in [-0.25, -0.2) is 4.39 Å². The second-order valence-electron chi connectivity index (χ2n) is 4.40. The van der Waals surface area contributed by atoms with Gasteiger partial charge >= 0.3 is 0 Å². The zero-order valence-electron chi connectivity index (χ0n) is 11.3. The van der Waals surface area contributed by atoms with Gasteiger partial charge in [0.2, 0.25) is 0 Å². The summed E-state index contributed by atoms with van der Waals surface area (Å²) in [4.78, 5) is 2.18. The van der Waals surface area contributed by atoms with Gasteiger partial charge in [-0.05, 0) is 43.7 Å². The highest BCUT2D eigenvalue weighted by molar-refractivity contribution is 5.54. The van der Waals surface area contributed by atoms with E-state index >= 15 is 0 Å². The number of anilines is 1. The minimum Gasteiger partial charge on any atom is -0.374 e. The van der Waals surface area contributed by atoms with Crippen LogP contribution in [0.2, 0.25) is 0 Å². The third-order valence-corrected chi connectivity index (χ3v) is 2.94. The van der Waals surface area contributed by atoms with Crippen LogP contribution in [0.5, 0.6) is 0 Å². The monoisotopic (exact) mass is 238 g/mol. The van der Waals surface area contributed by atoms with Crippen LogP contribution in [0.15, 0.2) is 18.2 Å². The number of nitrogens with one attached hydrogen (secondary N) is 1. The van der Waals surface area contributed by atoms with Crippen LogP contribution in [0.3, 0.4) is 0 Å². The minimum absolute atomic E-state index is 0.168. The fourth-order valence-electron chi connectivity index (χ4n) is 2.09. The molecule has 3 heteroatoms. The van der Waals surface area contributed by atoms with E-state index in [0.717, 1.165) is 30.8 Å². The van der Waals surface area contributed by atoms with Crippen molar-refractivity contribution in [2.24, 2.45) is 0 Å². The zero-order chi connectivity index (χ0) is 12.8. The van der Waals surface area contributed by atoms with Gasteiger partial charge in [0.1, 0.15) is 5.82 Å². The van der Waals surface area contributed by atoms with Gasteiger partial charge in [0.25, 0.3) is 0 Å². The molecule has 0 saturated carbocycles. The van der Waals surface area contributed by atoms with Crippen LogP contribution in [0.1, 0.15) is 38.8 Å². The van der Waals surface area contributed by atoms with Crippen LogP contribution in [0.4, 0.5) is 10.1 Å². The van der Waals surface area contributed by atoms with Crippen LogP contribution < -0.4 is 10.2 Å². The Hall–Kier alpha value is -1.09. The third kappa shape index (κ3) is 3.70. The summed E-state index contributed by atoms with van der Waals surface area (Å²) < 4.78 is 13.4. The van der Waals surface area contributed by atoms with E-state index in [1.165, 1.54) is 6.07 Å². The largest absolute Gasteiger partial charge is 0.374 e. The van der Waals surface area contributed by atoms with Gasteiger partial charge in [0.15, 0.2) is 0 Å². The molecule has 0 amide bonds. The lowest BCUT2D eigenvalue weighted by atomic mass is 10.0. The number of nitrogens with zero attached hydrogens (tertiary/aromatic N) is 1. The molecule has 0 aliphatic carbocycles. The Labute approximate surface area is 104 Å². The Morgan fingerprint density at radius 2 is 2.06 bits per heavy atom. The second-order valence-corrected chi connectivity index (χ2v) is 4.40. The quantitative estimate of drug-likeness (QED) is 0.817. The molecular formula is C14H23FN2. The molecule has 0 aliphatic heterocycles. The zero-order valence-corrected chi connectivity index (χ0v) is 11.3. The molecule has 0 bridgehead atoms. The highest BCUT2D eigenvalue weighted by atomic mass is 19.1. The van der Waals surface area contributed by atoms with Gasteiger partial charge < -0.3 is 10.2 Å². The van der Waals surface area contributed by atoms with E-state index < -0.39 is 0 Å². The van der Waals surface area contributed by atoms with Crippen molar-refractivity contribution < 1.29 is 4.39 Å². The summed E-state index contributed by atoms with van der Waals surface area (Å²) >= 11 is 0. The summed E-state index contributed by atoms with van der Waals surface area (Å²) in [5.41, 5.74) is 2.14. The topological polar surface area (TPSA) is 15.3 Å². The molecule has 2 nitrogen and oxygen atoms in total.